The molecule has 12 heteroatoms. The number of anilines is 1. The van der Waals surface area contributed by atoms with E-state index in [1.807, 2.05) is 0 Å². The lowest BCUT2D eigenvalue weighted by atomic mass is 10.1. The Kier molecular flexibility index (Phi) is 6.42. The van der Waals surface area contributed by atoms with Gasteiger partial charge in [-0.2, -0.15) is 0 Å². The first-order valence-corrected chi connectivity index (χ1v) is 12.7. The van der Waals surface area contributed by atoms with Gasteiger partial charge < -0.3 is 5.32 Å². The van der Waals surface area contributed by atoms with Crippen molar-refractivity contribution in [2.75, 3.05) is 16.6 Å². The van der Waals surface area contributed by atoms with Crippen LogP contribution in [0.1, 0.15) is 22.8 Å². The van der Waals surface area contributed by atoms with Crippen molar-refractivity contribution in [1.82, 2.24) is 5.32 Å². The van der Waals surface area contributed by atoms with E-state index in [0.29, 0.717) is 6.42 Å². The second-order valence-electron chi connectivity index (χ2n) is 7.14. The molecule has 1 atom stereocenters. The number of nitrogens with two attached hydrogens (primary N) is 1. The monoisotopic (exact) mass is 485 g/mol. The van der Waals surface area contributed by atoms with Gasteiger partial charge in [-0.1, -0.05) is 30.7 Å². The first kappa shape index (κ1) is 23.2. The Balaban J connectivity index is 1.66. The largest absolute Gasteiger partial charge is 0.352 e. The average Bonchev–Trinajstić information content (AvgIpc) is 2.88. The molecule has 1 unspecified atom stereocenters. The lowest BCUT2D eigenvalue weighted by Gasteiger charge is -2.16. The number of nitrogens with one attached hydrogen (secondary N) is 1. The quantitative estimate of drug-likeness (QED) is 0.630. The smallest absolute Gasteiger partial charge is 0.252 e. The second kappa shape index (κ2) is 8.58. The van der Waals surface area contributed by atoms with Gasteiger partial charge in [0.2, 0.25) is 26.0 Å². The van der Waals surface area contributed by atoms with Gasteiger partial charge in [0.1, 0.15) is 0 Å². The summed E-state index contributed by atoms with van der Waals surface area (Å²) in [4.78, 5) is 24.6. The molecule has 0 bridgehead atoms. The fourth-order valence-corrected chi connectivity index (χ4v) is 5.75. The number of hydrogen-bond donors (Lipinski definition) is 2. The van der Waals surface area contributed by atoms with Crippen molar-refractivity contribution in [3.63, 3.8) is 0 Å². The predicted octanol–water partition coefficient (Wildman–Crippen LogP) is 1.27. The third-order valence-electron chi connectivity index (χ3n) is 4.74. The highest BCUT2D eigenvalue weighted by molar-refractivity contribution is 7.94. The number of carbonyl (C=O) groups excluding carboxylic acids is 2. The van der Waals surface area contributed by atoms with Gasteiger partial charge in [0.25, 0.3) is 5.91 Å². The second-order valence-corrected chi connectivity index (χ2v) is 11.0. The molecule has 2 aromatic carbocycles. The molecule has 1 aliphatic rings. The summed E-state index contributed by atoms with van der Waals surface area (Å²) in [7, 11) is -7.53. The lowest BCUT2D eigenvalue weighted by Crippen LogP contribution is -2.30. The number of hydrogen-bond acceptors (Lipinski definition) is 6. The molecular weight excluding hydrogens is 466 g/mol. The predicted molar refractivity (Wildman–Crippen MR) is 116 cm³/mol. The number of primary sulfonamides is 1. The fraction of sp³-hybridized carbons (Fsp3) is 0.263. The zero-order valence-electron chi connectivity index (χ0n) is 16.4. The maximum atomic E-state index is 12.4. The third-order valence-corrected chi connectivity index (χ3v) is 7.85. The molecule has 9 nitrogen and oxygen atoms in total. The van der Waals surface area contributed by atoms with Gasteiger partial charge in [-0.25, -0.2) is 26.3 Å². The molecule has 31 heavy (non-hydrogen) atoms. The van der Waals surface area contributed by atoms with E-state index in [1.165, 1.54) is 37.3 Å². The molecule has 3 rings (SSSR count). The molecule has 0 saturated carbocycles. The van der Waals surface area contributed by atoms with Crippen LogP contribution in [-0.4, -0.2) is 40.9 Å². The Morgan fingerprint density at radius 3 is 2.39 bits per heavy atom. The van der Waals surface area contributed by atoms with E-state index in [9.17, 15) is 26.4 Å². The van der Waals surface area contributed by atoms with Crippen molar-refractivity contribution in [1.29, 1.82) is 0 Å². The summed E-state index contributed by atoms with van der Waals surface area (Å²) >= 11 is 6.17. The number of sulfonamides is 2. The van der Waals surface area contributed by atoms with Crippen LogP contribution in [0.4, 0.5) is 5.69 Å². The summed E-state index contributed by atoms with van der Waals surface area (Å²) in [5, 5.41) is 7.75. The minimum atomic E-state index is -3.77. The maximum Gasteiger partial charge on any atom is 0.252 e. The molecule has 1 fully saturated rings. The molecule has 0 aliphatic carbocycles. The Morgan fingerprint density at radius 1 is 1.23 bits per heavy atom. The number of amides is 2. The van der Waals surface area contributed by atoms with Crippen LogP contribution in [0.15, 0.2) is 47.4 Å². The van der Waals surface area contributed by atoms with E-state index < -0.39 is 37.8 Å². The first-order valence-electron chi connectivity index (χ1n) is 9.16. The number of rotatable bonds is 6. The van der Waals surface area contributed by atoms with Crippen molar-refractivity contribution in [2.24, 2.45) is 11.1 Å². The van der Waals surface area contributed by atoms with E-state index >= 15 is 0 Å². The summed E-state index contributed by atoms with van der Waals surface area (Å²) in [6.45, 7) is 1.79. The van der Waals surface area contributed by atoms with Crippen molar-refractivity contribution >= 4 is 49.1 Å². The molecule has 1 heterocycles. The Hall–Kier alpha value is -2.47. The standard InChI is InChI=1S/C19H20ClN3O6S2/c1-12-11-30(26,27)23(19(12)25)14-4-7-16(17(20)10-14)18(24)22-9-8-13-2-5-15(6-3-13)31(21,28)29/h2-7,10,12H,8-9,11H2,1H3,(H,22,24)(H2,21,28,29). The van der Waals surface area contributed by atoms with Gasteiger partial charge >= 0.3 is 0 Å². The highest BCUT2D eigenvalue weighted by atomic mass is 35.5. The molecule has 2 amide bonds. The van der Waals surface area contributed by atoms with Crippen LogP contribution in [0.5, 0.6) is 0 Å². The first-order chi connectivity index (χ1) is 14.4. The normalized spacial score (nSPS) is 18.2. The molecule has 0 spiro atoms. The molecule has 1 saturated heterocycles. The molecule has 3 N–H and O–H groups in total. The summed E-state index contributed by atoms with van der Waals surface area (Å²) in [5.41, 5.74) is 1.01. The zero-order chi connectivity index (χ0) is 23.0. The van der Waals surface area contributed by atoms with E-state index in [-0.39, 0.29) is 33.5 Å². The molecule has 1 aliphatic heterocycles. The van der Waals surface area contributed by atoms with E-state index in [2.05, 4.69) is 5.32 Å². The SMILES string of the molecule is CC1CS(=O)(=O)N(c2ccc(C(=O)NCCc3ccc(S(N)(=O)=O)cc3)c(Cl)c2)C1=O. The third kappa shape index (κ3) is 5.06. The van der Waals surface area contributed by atoms with Crippen molar-refractivity contribution in [2.45, 2.75) is 18.2 Å². The number of benzene rings is 2. The van der Waals surface area contributed by atoms with Crippen molar-refractivity contribution in [3.8, 4) is 0 Å². The van der Waals surface area contributed by atoms with Crippen molar-refractivity contribution < 1.29 is 26.4 Å². The highest BCUT2D eigenvalue weighted by Crippen LogP contribution is 2.31. The molecule has 2 aromatic rings. The summed E-state index contributed by atoms with van der Waals surface area (Å²) in [5.74, 6) is -1.93. The van der Waals surface area contributed by atoms with E-state index in [0.717, 1.165) is 9.87 Å². The Morgan fingerprint density at radius 2 is 1.87 bits per heavy atom. The summed E-state index contributed by atoms with van der Waals surface area (Å²) < 4.78 is 47.7. The molecule has 0 aromatic heterocycles. The van der Waals surface area contributed by atoms with E-state index in [1.54, 1.807) is 12.1 Å². The van der Waals surface area contributed by atoms with Crippen molar-refractivity contribution in [3.05, 3.63) is 58.6 Å². The fourth-order valence-electron chi connectivity index (χ4n) is 3.16. The van der Waals surface area contributed by atoms with E-state index in [4.69, 9.17) is 16.7 Å². The minimum absolute atomic E-state index is 0.0000455. The number of nitrogens with zero attached hydrogens (tertiary/aromatic N) is 1. The van der Waals surface area contributed by atoms with Gasteiger partial charge in [-0.05, 0) is 42.3 Å². The van der Waals surface area contributed by atoms with Gasteiger partial charge in [0.05, 0.1) is 32.8 Å². The van der Waals surface area contributed by atoms with Gasteiger partial charge in [0.15, 0.2) is 0 Å². The number of carbonyl (C=O) groups is 2. The lowest BCUT2D eigenvalue weighted by molar-refractivity contribution is -0.119. The van der Waals surface area contributed by atoms with Gasteiger partial charge in [-0.3, -0.25) is 9.59 Å². The van der Waals surface area contributed by atoms with Gasteiger partial charge in [0, 0.05) is 6.54 Å². The Bertz CT molecular complexity index is 1240. The minimum Gasteiger partial charge on any atom is -0.352 e. The number of halogens is 1. The summed E-state index contributed by atoms with van der Waals surface area (Å²) in [6, 6.07) is 9.97. The van der Waals surface area contributed by atoms with Crippen LogP contribution in [0, 0.1) is 5.92 Å². The Labute approximate surface area is 185 Å². The molecular formula is C19H20ClN3O6S2. The van der Waals surface area contributed by atoms with Crippen LogP contribution in [0.3, 0.4) is 0 Å². The van der Waals surface area contributed by atoms with Gasteiger partial charge in [-0.15, -0.1) is 0 Å². The molecule has 166 valence electrons. The van der Waals surface area contributed by atoms with Crippen LogP contribution in [0.25, 0.3) is 0 Å². The maximum absolute atomic E-state index is 12.4. The highest BCUT2D eigenvalue weighted by Gasteiger charge is 2.42. The zero-order valence-corrected chi connectivity index (χ0v) is 18.8. The van der Waals surface area contributed by atoms with Crippen LogP contribution in [-0.2, 0) is 31.3 Å². The average molecular weight is 486 g/mol. The summed E-state index contributed by atoms with van der Waals surface area (Å²) in [6.07, 6.45) is 0.435. The molecule has 0 radical (unpaired) electrons. The van der Waals surface area contributed by atoms with Crippen LogP contribution in [0.2, 0.25) is 5.02 Å². The van der Waals surface area contributed by atoms with Crippen LogP contribution >= 0.6 is 11.6 Å². The van der Waals surface area contributed by atoms with Crippen LogP contribution < -0.4 is 14.8 Å². The topological polar surface area (TPSA) is 144 Å².